The van der Waals surface area contributed by atoms with E-state index in [0.29, 0.717) is 0 Å². The number of rotatable bonds is 0. The quantitative estimate of drug-likeness (QED) is 0.388. The first kappa shape index (κ1) is 24.9. The van der Waals surface area contributed by atoms with E-state index >= 15 is 0 Å². The molecule has 0 aromatic rings. The Labute approximate surface area is 130 Å². The van der Waals surface area contributed by atoms with Crippen molar-refractivity contribution in [2.75, 3.05) is 0 Å². The molecule has 0 aliphatic carbocycles. The molecule has 0 aliphatic rings. The molecule has 16 valence electrons. The van der Waals surface area contributed by atoms with Crippen LogP contribution in [0.25, 0.3) is 0 Å². The number of hydrogen-bond donors (Lipinski definition) is 0. The largest absolute Gasteiger partial charge is 2.00 e. The van der Waals surface area contributed by atoms with Crippen LogP contribution in [0.15, 0.2) is 0 Å². The Morgan fingerprint density at radius 2 is 1.00 bits per heavy atom. The summed E-state index contributed by atoms with van der Waals surface area (Å²) in [7, 11) is 0. The fourth-order valence-electron chi connectivity index (χ4n) is 0. The maximum atomic E-state index is 0. The Morgan fingerprint density at radius 3 is 1.00 bits per heavy atom. The van der Waals surface area contributed by atoms with E-state index in [0.717, 1.165) is 0 Å². The molecule has 0 atom stereocenters. The van der Waals surface area contributed by atoms with Crippen molar-refractivity contribution in [1.82, 2.24) is 0 Å². The molecule has 0 rings (SSSR count). The van der Waals surface area contributed by atoms with E-state index in [-0.39, 0.29) is 135 Å². The fraction of sp³-hybridized carbons (Fsp3) is 0. The molecule has 0 aromatic heterocycles. The zero-order chi connectivity index (χ0) is 0. The Hall–Kier alpha value is 3.84. The van der Waals surface area contributed by atoms with Crippen molar-refractivity contribution in [2.24, 2.45) is 0 Å². The summed E-state index contributed by atoms with van der Waals surface area (Å²) in [6.45, 7) is 0. The third-order valence-electron chi connectivity index (χ3n) is 0. The van der Waals surface area contributed by atoms with Crippen LogP contribution in [0.1, 0.15) is 0 Å². The van der Waals surface area contributed by atoms with Gasteiger partial charge in [0.1, 0.15) is 0 Å². The molecule has 0 unspecified atom stereocenters. The average Bonchev–Trinajstić information content (AvgIpc) is 0. The zero-order valence-electron chi connectivity index (χ0n) is 2.46. The Balaban J connectivity index is 0. The van der Waals surface area contributed by atoms with Crippen LogP contribution in [-0.4, -0.2) is 48.9 Å². The monoisotopic (exact) mass is 325 g/mol. The number of hydrogen-bond acceptors (Lipinski definition) is 0. The van der Waals surface area contributed by atoms with Crippen molar-refractivity contribution >= 4 is 48.9 Å². The molecule has 0 N–H and O–H groups in total. The van der Waals surface area contributed by atoms with Crippen LogP contribution < -0.4 is 86.0 Å². The molecule has 0 spiro atoms. The average molecular weight is 325 g/mol. The third kappa shape index (κ3) is 9.28. The van der Waals surface area contributed by atoms with E-state index in [1.165, 1.54) is 0 Å². The summed E-state index contributed by atoms with van der Waals surface area (Å²) >= 11 is 0. The first-order valence-corrected chi connectivity index (χ1v) is 0. The van der Waals surface area contributed by atoms with E-state index in [1.54, 1.807) is 0 Å². The Morgan fingerprint density at radius 1 is 1.00 bits per heavy atom. The fourth-order valence-corrected chi connectivity index (χ4v) is 0. The third-order valence-corrected chi connectivity index (χ3v) is 0. The smallest absolute Gasteiger partial charge is 1.00 e. The molecule has 0 aromatic carbocycles. The van der Waals surface area contributed by atoms with Gasteiger partial charge in [-0.15, -0.1) is 0 Å². The molecule has 0 amide bonds. The summed E-state index contributed by atoms with van der Waals surface area (Å²) in [5, 5.41) is 0. The van der Waals surface area contributed by atoms with Gasteiger partial charge in [-0.1, -0.05) is 0 Å². The van der Waals surface area contributed by atoms with Gasteiger partial charge in [0.25, 0.3) is 0 Å². The summed E-state index contributed by atoms with van der Waals surface area (Å²) in [6, 6.07) is 0. The predicted molar refractivity (Wildman–Crippen MR) is 5.75 cm³/mol. The van der Waals surface area contributed by atoms with Gasteiger partial charge in [-0.3, -0.25) is 0 Å². The van der Waals surface area contributed by atoms with Crippen molar-refractivity contribution in [3.63, 3.8) is 0 Å². The molecule has 0 fully saturated rings. The summed E-state index contributed by atoms with van der Waals surface area (Å²) in [5.74, 6) is 0. The van der Waals surface area contributed by atoms with Crippen LogP contribution in [0, 0.1) is 0 Å². The van der Waals surface area contributed by atoms with Gasteiger partial charge >= 0.3 is 118 Å². The molecule has 0 saturated heterocycles. The second-order valence-corrected chi connectivity index (χ2v) is 0. The summed E-state index contributed by atoms with van der Waals surface area (Å²) in [4.78, 5) is 0. The summed E-state index contributed by atoms with van der Waals surface area (Å²) in [6.07, 6.45) is 0. The predicted octanol–water partition coefficient (Wildman–Crippen LogP) is -9.37. The minimum Gasteiger partial charge on any atom is -1.00 e. The van der Waals surface area contributed by atoms with E-state index in [2.05, 4.69) is 0 Å². The molecule has 0 aliphatic heterocycles. The second-order valence-electron chi connectivity index (χ2n) is 0. The Bertz CT molecular complexity index is 8.00. The molecule has 0 bridgehead atoms. The maximum Gasteiger partial charge on any atom is 2.00 e. The van der Waals surface area contributed by atoms with Crippen LogP contribution >= 0.6 is 0 Å². The van der Waals surface area contributed by atoms with Gasteiger partial charge in [-0.25, -0.2) is 0 Å². The second kappa shape index (κ2) is 15.8. The zero-order valence-corrected chi connectivity index (χ0v) is 13.9. The van der Waals surface area contributed by atoms with Crippen LogP contribution in [0.4, 0.5) is 0 Å². The van der Waals surface area contributed by atoms with Crippen molar-refractivity contribution in [3.8, 4) is 0 Å². The summed E-state index contributed by atoms with van der Waals surface area (Å²) in [5.41, 5.74) is 0. The van der Waals surface area contributed by atoms with E-state index < -0.39 is 0 Å². The molecule has 4 heteroatoms. The first-order valence-electron chi connectivity index (χ1n) is 0. The topological polar surface area (TPSA) is 0 Å². The summed E-state index contributed by atoms with van der Waals surface area (Å²) < 4.78 is 0. The van der Waals surface area contributed by atoms with Crippen LogP contribution in [0.2, 0.25) is 0 Å². The maximum absolute atomic E-state index is 0. The minimum atomic E-state index is 0. The van der Waals surface area contributed by atoms with Crippen molar-refractivity contribution in [1.29, 1.82) is 0 Å². The van der Waals surface area contributed by atoms with Crippen molar-refractivity contribution in [2.45, 2.75) is 0 Å². The molecule has 0 saturated carbocycles. The van der Waals surface area contributed by atoms with Crippen molar-refractivity contribution in [3.05, 3.63) is 0 Å². The Kier molecular flexibility index (Phi) is 98.3. The van der Waals surface area contributed by atoms with Gasteiger partial charge in [0.2, 0.25) is 0 Å². The molecular weight excluding hydrogens is 325 g/mol. The van der Waals surface area contributed by atoms with Crippen LogP contribution in [-0.2, 0) is 0 Å². The standard InChI is InChI=1S/Ba.ClH.Cs.FH/h;1H;;1H/q+2;;+1;/p-2. The SMILES string of the molecule is [Ba+2].[Cl-].[Cs+].[F-]. The number of halogens is 2. The van der Waals surface area contributed by atoms with Crippen LogP contribution in [0.3, 0.4) is 0 Å². The molecule has 0 heterocycles. The normalized spacial score (nSPS) is 0. The van der Waals surface area contributed by atoms with Gasteiger partial charge in [0, 0.05) is 0 Å². The van der Waals surface area contributed by atoms with Gasteiger partial charge in [-0.05, 0) is 0 Å². The van der Waals surface area contributed by atoms with Gasteiger partial charge < -0.3 is 17.1 Å². The first-order chi connectivity index (χ1) is 0. The van der Waals surface area contributed by atoms with E-state index in [4.69, 9.17) is 0 Å². The van der Waals surface area contributed by atoms with E-state index in [9.17, 15) is 0 Å². The minimum absolute atomic E-state index is 0. The molecule has 0 radical (unpaired) electrons. The molecule has 0 nitrogen and oxygen atoms in total. The van der Waals surface area contributed by atoms with Gasteiger partial charge in [-0.2, -0.15) is 0 Å². The van der Waals surface area contributed by atoms with Crippen LogP contribution in [0.5, 0.6) is 0 Å². The van der Waals surface area contributed by atoms with Gasteiger partial charge in [0.15, 0.2) is 0 Å². The van der Waals surface area contributed by atoms with Crippen molar-refractivity contribution < 1.29 is 86.0 Å². The molecule has 4 heavy (non-hydrogen) atoms. The molecular formula is BaClCsF+. The van der Waals surface area contributed by atoms with E-state index in [1.807, 2.05) is 0 Å². The van der Waals surface area contributed by atoms with Gasteiger partial charge in [0.05, 0.1) is 0 Å².